The molecular weight excluding hydrogens is 660 g/mol. The monoisotopic (exact) mass is 662 g/mol. The first kappa shape index (κ1) is 37.7. The third-order valence-electron chi connectivity index (χ3n) is 4.63. The zero-order valence-corrected chi connectivity index (χ0v) is 17.5. The molecule has 0 fully saturated rings. The van der Waals surface area contributed by atoms with Gasteiger partial charge in [-0.2, -0.15) is 70.2 Å². The molecule has 0 aliphatic carbocycles. The molecular formula is C14H2F20O7. The Bertz CT molecular complexity index is 1000. The number of carboxylic acids is 2. The molecule has 0 aliphatic rings. The van der Waals surface area contributed by atoms with E-state index in [1.807, 2.05) is 0 Å². The largest absolute Gasteiger partial charge is 0.478 e. The van der Waals surface area contributed by atoms with Gasteiger partial charge in [0.25, 0.3) is 0 Å². The Morgan fingerprint density at radius 1 is 0.366 bits per heavy atom. The number of rotatable bonds is 8. The number of alkyl halides is 20. The van der Waals surface area contributed by atoms with Gasteiger partial charge in [-0.25, -0.2) is 36.7 Å². The lowest BCUT2D eigenvalue weighted by molar-refractivity contribution is -0.366. The van der Waals surface area contributed by atoms with Gasteiger partial charge in [-0.05, 0) is 0 Å². The van der Waals surface area contributed by atoms with Gasteiger partial charge in [-0.15, -0.1) is 0 Å². The number of hydrogen-bond donors (Lipinski definition) is 2. The van der Waals surface area contributed by atoms with Crippen molar-refractivity contribution in [2.45, 2.75) is 59.2 Å². The van der Waals surface area contributed by atoms with Crippen LogP contribution in [-0.2, 0) is 23.9 Å². The molecule has 0 saturated carbocycles. The van der Waals surface area contributed by atoms with Crippen LogP contribution in [0.3, 0.4) is 0 Å². The van der Waals surface area contributed by atoms with E-state index in [1.165, 1.54) is 0 Å². The molecule has 41 heavy (non-hydrogen) atoms. The molecule has 0 saturated heterocycles. The third kappa shape index (κ3) is 4.72. The molecule has 2 N–H and O–H groups in total. The van der Waals surface area contributed by atoms with Crippen molar-refractivity contribution in [3.8, 4) is 0 Å². The highest BCUT2D eigenvalue weighted by Gasteiger charge is 2.94. The van der Waals surface area contributed by atoms with Crippen LogP contribution < -0.4 is 0 Å². The second-order valence-corrected chi connectivity index (χ2v) is 7.06. The van der Waals surface area contributed by atoms with Crippen molar-refractivity contribution in [2.75, 3.05) is 0 Å². The maximum absolute atomic E-state index is 14.3. The van der Waals surface area contributed by atoms with Gasteiger partial charge in [0, 0.05) is 0 Å². The van der Waals surface area contributed by atoms with E-state index in [4.69, 9.17) is 10.2 Å². The van der Waals surface area contributed by atoms with Crippen LogP contribution in [0.1, 0.15) is 0 Å². The molecule has 27 heteroatoms. The zero-order chi connectivity index (χ0) is 34.0. The number of carbonyl (C=O) groups is 4. The Kier molecular flexibility index (Phi) is 8.84. The normalized spacial score (nSPS) is 20.1. The minimum Gasteiger partial charge on any atom is -0.478 e. The number of halogens is 20. The van der Waals surface area contributed by atoms with Crippen molar-refractivity contribution in [2.24, 2.45) is 0 Å². The van der Waals surface area contributed by atoms with Crippen molar-refractivity contribution in [1.29, 1.82) is 0 Å². The van der Waals surface area contributed by atoms with E-state index in [2.05, 4.69) is 0 Å². The Morgan fingerprint density at radius 3 is 0.659 bits per heavy atom. The van der Waals surface area contributed by atoms with E-state index in [0.29, 0.717) is 0 Å². The number of carbonyl (C=O) groups excluding carboxylic acids is 2. The van der Waals surface area contributed by atoms with Gasteiger partial charge in [0.05, 0.1) is 0 Å². The predicted octanol–water partition coefficient (Wildman–Crippen LogP) is 4.58. The summed E-state index contributed by atoms with van der Waals surface area (Å²) >= 11 is 0. The van der Waals surface area contributed by atoms with Crippen LogP contribution in [0.5, 0.6) is 0 Å². The van der Waals surface area contributed by atoms with Crippen LogP contribution in [0.25, 0.3) is 0 Å². The molecule has 0 aromatic carbocycles. The fraction of sp³-hybridized carbons (Fsp3) is 0.714. The van der Waals surface area contributed by atoms with E-state index in [0.717, 1.165) is 0 Å². The second kappa shape index (κ2) is 9.62. The molecule has 0 radical (unpaired) electrons. The van der Waals surface area contributed by atoms with Crippen LogP contribution in [0.4, 0.5) is 87.8 Å². The van der Waals surface area contributed by atoms with Gasteiger partial charge in [0.2, 0.25) is 0 Å². The number of aliphatic carboxylic acids is 2. The summed E-state index contributed by atoms with van der Waals surface area (Å²) in [6.07, 6.45) is -32.6. The Hall–Kier alpha value is -3.32. The first-order valence-corrected chi connectivity index (χ1v) is 8.45. The highest BCUT2D eigenvalue weighted by Crippen LogP contribution is 2.59. The topological polar surface area (TPSA) is 118 Å². The van der Waals surface area contributed by atoms with Gasteiger partial charge in [0.1, 0.15) is 0 Å². The molecule has 7 nitrogen and oxygen atoms in total. The first-order chi connectivity index (χ1) is 17.4. The number of ether oxygens (including phenoxy) is 1. The van der Waals surface area contributed by atoms with Gasteiger partial charge in [-0.1, -0.05) is 0 Å². The standard InChI is InChI=1S/C14H2F20O7/c15-5(1(35)36,11(23,24)25)9(19,20)7(17,13(29,30)31)3(39)41-4(40)8(18,14(32,33)34)10(21,22)6(16,2(37)38)12(26,27)28/h(H,35,36)(H,37,38). The fourth-order valence-electron chi connectivity index (χ4n) is 2.41. The second-order valence-electron chi connectivity index (χ2n) is 7.06. The molecule has 4 unspecified atom stereocenters. The molecule has 0 aromatic rings. The lowest BCUT2D eigenvalue weighted by Crippen LogP contribution is -2.76. The summed E-state index contributed by atoms with van der Waals surface area (Å²) in [5.41, 5.74) is -33.0. The fourth-order valence-corrected chi connectivity index (χ4v) is 2.41. The van der Waals surface area contributed by atoms with E-state index >= 15 is 0 Å². The molecule has 0 aromatic heterocycles. The van der Waals surface area contributed by atoms with Crippen LogP contribution in [0.2, 0.25) is 0 Å². The molecule has 0 rings (SSSR count). The summed E-state index contributed by atoms with van der Waals surface area (Å²) < 4.78 is 267. The van der Waals surface area contributed by atoms with Crippen molar-refractivity contribution >= 4 is 23.9 Å². The average Bonchev–Trinajstić information content (AvgIpc) is 2.72. The number of hydrogen-bond acceptors (Lipinski definition) is 5. The maximum atomic E-state index is 14.3. The summed E-state index contributed by atoms with van der Waals surface area (Å²) in [5, 5.41) is 16.0. The number of esters is 2. The summed E-state index contributed by atoms with van der Waals surface area (Å²) in [7, 11) is 0. The van der Waals surface area contributed by atoms with E-state index in [1.54, 1.807) is 4.74 Å². The lowest BCUT2D eigenvalue weighted by Gasteiger charge is -2.40. The minimum atomic E-state index is -8.64. The van der Waals surface area contributed by atoms with Gasteiger partial charge in [-0.3, -0.25) is 0 Å². The minimum absolute atomic E-state index is 1.70. The van der Waals surface area contributed by atoms with Crippen LogP contribution >= 0.6 is 0 Å². The van der Waals surface area contributed by atoms with Gasteiger partial charge < -0.3 is 14.9 Å². The van der Waals surface area contributed by atoms with Crippen molar-refractivity contribution in [3.05, 3.63) is 0 Å². The molecule has 0 heterocycles. The maximum Gasteiger partial charge on any atom is 0.439 e. The van der Waals surface area contributed by atoms with E-state index < -0.39 is 83.1 Å². The molecule has 4 atom stereocenters. The number of carboxylic acid groups (broad SMARTS) is 2. The smallest absolute Gasteiger partial charge is 0.439 e. The summed E-state index contributed by atoms with van der Waals surface area (Å²) in [6, 6.07) is 0. The molecule has 0 amide bonds. The molecule has 0 bridgehead atoms. The summed E-state index contributed by atoms with van der Waals surface area (Å²) in [5.74, 6) is -38.2. The Morgan fingerprint density at radius 2 is 0.537 bits per heavy atom. The zero-order valence-electron chi connectivity index (χ0n) is 17.5. The van der Waals surface area contributed by atoms with Gasteiger partial charge in [0.15, 0.2) is 0 Å². The third-order valence-corrected chi connectivity index (χ3v) is 4.63. The Balaban J connectivity index is 7.58. The predicted molar refractivity (Wildman–Crippen MR) is 75.8 cm³/mol. The lowest BCUT2D eigenvalue weighted by atomic mass is 9.82. The SMILES string of the molecule is O=C(O)C(F)(C(F)(F)F)C(F)(F)C(F)(C(=O)OC(=O)C(F)(C(F)(F)F)C(F)(F)C(F)(C(=O)O)C(F)(F)F)C(F)(F)F. The van der Waals surface area contributed by atoms with Crippen LogP contribution in [0, 0.1) is 0 Å². The Labute approximate surface area is 206 Å². The van der Waals surface area contributed by atoms with Crippen molar-refractivity contribution in [3.63, 3.8) is 0 Å². The highest BCUT2D eigenvalue weighted by atomic mass is 19.4. The average molecular weight is 662 g/mol. The van der Waals surface area contributed by atoms with Crippen molar-refractivity contribution in [1.82, 2.24) is 0 Å². The van der Waals surface area contributed by atoms with Crippen molar-refractivity contribution < 1.29 is 122 Å². The summed E-state index contributed by atoms with van der Waals surface area (Å²) in [6.45, 7) is 0. The van der Waals surface area contributed by atoms with Crippen LogP contribution in [-0.4, -0.2) is 93.3 Å². The highest BCUT2D eigenvalue weighted by molar-refractivity contribution is 5.98. The molecule has 0 spiro atoms. The first-order valence-electron chi connectivity index (χ1n) is 8.45. The van der Waals surface area contributed by atoms with Gasteiger partial charge >= 0.3 is 83.1 Å². The van der Waals surface area contributed by atoms with E-state index in [-0.39, 0.29) is 0 Å². The summed E-state index contributed by atoms with van der Waals surface area (Å²) in [4.78, 5) is 43.3. The molecule has 240 valence electrons. The van der Waals surface area contributed by atoms with E-state index in [9.17, 15) is 107 Å². The van der Waals surface area contributed by atoms with Crippen LogP contribution in [0.15, 0.2) is 0 Å². The molecule has 0 aliphatic heterocycles. The quantitative estimate of drug-likeness (QED) is 0.222.